The first-order chi connectivity index (χ1) is 34.6. The van der Waals surface area contributed by atoms with Gasteiger partial charge in [-0.2, -0.15) is 4.31 Å². The fraction of sp³-hybridized carbons (Fsp3) is 0.556. The third kappa shape index (κ3) is 24.9. The van der Waals surface area contributed by atoms with E-state index < -0.39 is 84.6 Å². The van der Waals surface area contributed by atoms with Crippen molar-refractivity contribution in [3.63, 3.8) is 0 Å². The first kappa shape index (κ1) is 63.3. The molecule has 0 aromatic carbocycles. The number of anilines is 1. The number of hydrogen-bond acceptors (Lipinski definition) is 18. The van der Waals surface area contributed by atoms with E-state index in [1.54, 1.807) is 0 Å². The number of aliphatic hydroxyl groups excluding tert-OH is 2. The predicted molar refractivity (Wildman–Crippen MR) is 274 cm³/mol. The molecule has 10 N–H and O–H groups in total. The van der Waals surface area contributed by atoms with Crippen molar-refractivity contribution in [1.29, 1.82) is 0 Å². The number of nitrogens with one attached hydrogen (secondary N) is 2. The highest BCUT2D eigenvalue weighted by molar-refractivity contribution is 8.14. The number of aromatic nitrogens is 4. The molecule has 3 heterocycles. The van der Waals surface area contributed by atoms with Gasteiger partial charge in [-0.15, -0.1) is 0 Å². The molecular formula is C45H70N7O17P3S. The zero-order valence-corrected chi connectivity index (χ0v) is 44.6. The number of rotatable bonds is 35. The molecule has 1 saturated heterocycles. The fourth-order valence-corrected chi connectivity index (χ4v) is 10.0. The van der Waals surface area contributed by atoms with Crippen molar-refractivity contribution in [2.45, 2.75) is 122 Å². The number of nitrogens with zero attached hydrogens (tertiary/aromatic N) is 4. The number of imidazole rings is 1. The molecule has 0 bridgehead atoms. The van der Waals surface area contributed by atoms with Crippen LogP contribution in [0.25, 0.3) is 11.2 Å². The van der Waals surface area contributed by atoms with Crippen LogP contribution in [0, 0.1) is 5.41 Å². The van der Waals surface area contributed by atoms with Crippen molar-refractivity contribution < 1.29 is 80.5 Å². The molecular weight excluding hydrogens is 1040 g/mol. The van der Waals surface area contributed by atoms with Gasteiger partial charge in [-0.05, 0) is 63.9 Å². The minimum Gasteiger partial charge on any atom is -0.386 e. The number of nitrogen functional groups attached to an aromatic ring is 1. The molecule has 1 aliphatic rings. The van der Waals surface area contributed by atoms with Gasteiger partial charge in [0.05, 0.1) is 19.5 Å². The van der Waals surface area contributed by atoms with Gasteiger partial charge >= 0.3 is 23.5 Å². The number of unbranched alkanes of at least 4 members (excludes halogenated alkanes) is 4. The van der Waals surface area contributed by atoms with Crippen LogP contribution in [0.5, 0.6) is 0 Å². The zero-order valence-electron chi connectivity index (χ0n) is 41.1. The lowest BCUT2D eigenvalue weighted by atomic mass is 9.87. The lowest BCUT2D eigenvalue weighted by molar-refractivity contribution is -0.137. The largest absolute Gasteiger partial charge is 0.481 e. The molecule has 73 heavy (non-hydrogen) atoms. The Balaban J connectivity index is 1.27. The third-order valence-electron chi connectivity index (χ3n) is 10.4. The molecule has 0 saturated carbocycles. The summed E-state index contributed by atoms with van der Waals surface area (Å²) in [7, 11) is -16.4. The zero-order chi connectivity index (χ0) is 53.9. The van der Waals surface area contributed by atoms with Gasteiger partial charge in [-0.1, -0.05) is 106 Å². The van der Waals surface area contributed by atoms with Crippen LogP contribution in [0.3, 0.4) is 0 Å². The van der Waals surface area contributed by atoms with Gasteiger partial charge in [0.1, 0.15) is 36.3 Å². The Hall–Kier alpha value is -4.00. The first-order valence-corrected chi connectivity index (χ1v) is 29.0. The monoisotopic (exact) mass is 1110 g/mol. The van der Waals surface area contributed by atoms with E-state index in [1.807, 2.05) is 6.08 Å². The van der Waals surface area contributed by atoms with Crippen molar-refractivity contribution in [3.05, 3.63) is 85.6 Å². The van der Waals surface area contributed by atoms with Crippen molar-refractivity contribution in [2.75, 3.05) is 37.8 Å². The Bertz CT molecular complexity index is 2390. The highest BCUT2D eigenvalue weighted by Gasteiger charge is 2.50. The first-order valence-electron chi connectivity index (χ1n) is 23.5. The molecule has 2 aromatic rings. The Kier molecular flexibility index (Phi) is 28.1. The maximum Gasteiger partial charge on any atom is 0.481 e. The van der Waals surface area contributed by atoms with Crippen LogP contribution in [0.2, 0.25) is 0 Å². The van der Waals surface area contributed by atoms with Crippen molar-refractivity contribution in [3.8, 4) is 0 Å². The number of allylic oxidation sites excluding steroid dienone is 11. The van der Waals surface area contributed by atoms with Crippen LogP contribution in [-0.2, 0) is 50.7 Å². The van der Waals surface area contributed by atoms with Crippen molar-refractivity contribution in [2.24, 2.45) is 5.41 Å². The summed E-state index contributed by atoms with van der Waals surface area (Å²) in [5.41, 5.74) is 4.27. The number of carbonyl (C=O) groups excluding carboxylic acids is 3. The Morgan fingerprint density at radius 1 is 0.849 bits per heavy atom. The van der Waals surface area contributed by atoms with Crippen LogP contribution < -0.4 is 16.4 Å². The van der Waals surface area contributed by atoms with E-state index in [0.717, 1.165) is 93.2 Å². The number of thioether (sulfide) groups is 1. The summed E-state index contributed by atoms with van der Waals surface area (Å²) in [6.45, 7) is 2.60. The molecule has 2 amide bonds. The Morgan fingerprint density at radius 2 is 1.45 bits per heavy atom. The minimum atomic E-state index is -5.58. The Morgan fingerprint density at radius 3 is 2.08 bits per heavy atom. The van der Waals surface area contributed by atoms with Crippen LogP contribution in [-0.4, -0.2) is 123 Å². The number of ether oxygens (including phenoxy) is 1. The van der Waals surface area contributed by atoms with E-state index in [-0.39, 0.29) is 41.6 Å². The number of aliphatic hydroxyl groups is 2. The molecule has 408 valence electrons. The van der Waals surface area contributed by atoms with E-state index in [2.05, 4.69) is 102 Å². The van der Waals surface area contributed by atoms with Gasteiger partial charge in [0.25, 0.3) is 0 Å². The Labute approximate surface area is 429 Å². The molecule has 24 nitrogen and oxygen atoms in total. The van der Waals surface area contributed by atoms with Crippen molar-refractivity contribution in [1.82, 2.24) is 30.2 Å². The maximum atomic E-state index is 12.8. The van der Waals surface area contributed by atoms with Gasteiger partial charge in [0.15, 0.2) is 17.7 Å². The van der Waals surface area contributed by atoms with Gasteiger partial charge in [0.2, 0.25) is 16.9 Å². The lowest BCUT2D eigenvalue weighted by Crippen LogP contribution is -2.46. The normalized spacial score (nSPS) is 20.1. The number of fused-ring (bicyclic) bond motifs is 1. The van der Waals surface area contributed by atoms with Crippen molar-refractivity contribution >= 4 is 69.1 Å². The summed E-state index contributed by atoms with van der Waals surface area (Å²) >= 11 is 1.05. The number of hydrogen-bond donors (Lipinski definition) is 9. The topological polar surface area (TPSA) is 364 Å². The molecule has 0 aliphatic carbocycles. The van der Waals surface area contributed by atoms with Crippen LogP contribution >= 0.6 is 35.2 Å². The third-order valence-corrected chi connectivity index (χ3v) is 14.3. The summed E-state index contributed by atoms with van der Waals surface area (Å²) in [4.78, 5) is 88.4. The predicted octanol–water partition coefficient (Wildman–Crippen LogP) is 5.92. The second-order valence-electron chi connectivity index (χ2n) is 17.0. The lowest BCUT2D eigenvalue weighted by Gasteiger charge is -2.30. The van der Waals surface area contributed by atoms with Gasteiger partial charge in [0, 0.05) is 30.7 Å². The minimum absolute atomic E-state index is 0.0295. The fourth-order valence-electron chi connectivity index (χ4n) is 6.58. The highest BCUT2D eigenvalue weighted by atomic mass is 32.2. The number of amides is 2. The smallest absolute Gasteiger partial charge is 0.386 e. The molecule has 1 aliphatic heterocycles. The van der Waals surface area contributed by atoms with Crippen LogP contribution in [0.1, 0.15) is 97.6 Å². The number of phosphoric ester groups is 3. The molecule has 1 fully saturated rings. The number of nitrogens with two attached hydrogens (primary N) is 1. The van der Waals surface area contributed by atoms with Crippen LogP contribution in [0.15, 0.2) is 85.6 Å². The summed E-state index contributed by atoms with van der Waals surface area (Å²) in [5, 5.41) is 26.4. The van der Waals surface area contributed by atoms with Gasteiger partial charge in [-0.25, -0.2) is 28.6 Å². The second kappa shape index (κ2) is 32.4. The van der Waals surface area contributed by atoms with Crippen LogP contribution in [0.4, 0.5) is 5.82 Å². The van der Waals surface area contributed by atoms with E-state index in [1.165, 1.54) is 19.9 Å². The average Bonchev–Trinajstić information content (AvgIpc) is 3.88. The van der Waals surface area contributed by atoms with E-state index >= 15 is 0 Å². The summed E-state index contributed by atoms with van der Waals surface area (Å²) in [6.07, 6.45) is 28.0. The number of phosphoric acid groups is 3. The average molecular weight is 1110 g/mol. The maximum absolute atomic E-state index is 12.8. The van der Waals surface area contributed by atoms with E-state index in [4.69, 9.17) is 19.5 Å². The molecule has 2 aromatic heterocycles. The quantitative estimate of drug-likeness (QED) is 0.0167. The number of carbonyl (C=O) groups is 3. The second-order valence-corrected chi connectivity index (χ2v) is 22.3. The molecule has 7 atom stereocenters. The van der Waals surface area contributed by atoms with E-state index in [9.17, 15) is 57.9 Å². The van der Waals surface area contributed by atoms with Gasteiger partial charge in [-0.3, -0.25) is 32.5 Å². The SMILES string of the molecule is CC/C=C\C/C=C\C/C=C\C/C=C\C/C=C\CCCCC/C=C/C(=O)SCCNC(=O)CCNC(=O)[C@H](O)C(C)(C)COP(=O)(O)OP(=O)(O)OC[C@@H]1O[C@H](n2cnc3c(N)ncnc32)[C@H](O)[C@@H]1OP(=O)(O)O. The standard InChI is InChI=1S/C45H70N7O17P3S/c1-4-5-6-7-8-9-10-11-12-13-14-15-16-17-18-19-20-21-22-23-24-25-36(54)73-29-28-47-35(53)26-27-48-43(57)40(56)45(2,3)31-66-72(63,64)69-71(61,62)65-30-34-39(68-70(58,59)60)38(55)44(67-34)52-33-51-37-41(46)49-32-50-42(37)52/h5-6,8-9,11-12,14-15,17-18,24-25,32-34,38-40,44,55-56H,4,7,10,13,16,19-23,26-31H2,1-3H3,(H,47,53)(H,48,57)(H,61,62)(H,63,64)(H2,46,49,50)(H2,58,59,60)/b6-5-,9-8-,12-11-,15-14-,18-17-,25-24+/t34-,38+,39+,40-,44-/m0/s1. The van der Waals surface area contributed by atoms with E-state index in [0.29, 0.717) is 5.75 Å². The molecule has 0 spiro atoms. The summed E-state index contributed by atoms with van der Waals surface area (Å²) < 4.78 is 62.5. The summed E-state index contributed by atoms with van der Waals surface area (Å²) in [6, 6.07) is 0. The molecule has 2 unspecified atom stereocenters. The molecule has 28 heteroatoms. The molecule has 0 radical (unpaired) electrons. The molecule has 3 rings (SSSR count). The highest BCUT2D eigenvalue weighted by Crippen LogP contribution is 2.61. The van der Waals surface area contributed by atoms with Gasteiger partial charge < -0.3 is 50.9 Å². The summed E-state index contributed by atoms with van der Waals surface area (Å²) in [5.74, 6) is -1.14.